The van der Waals surface area contributed by atoms with Gasteiger partial charge in [-0.3, -0.25) is 4.90 Å². The number of amides is 1. The summed E-state index contributed by atoms with van der Waals surface area (Å²) in [5.41, 5.74) is 3.15. The SMILES string of the molecule is O=C1OC(COc2ccc(-c3ccccc3)cc2)CN1c1ccccc1. The van der Waals surface area contributed by atoms with Gasteiger partial charge in [-0.1, -0.05) is 60.7 Å². The van der Waals surface area contributed by atoms with Crippen LogP contribution in [0.3, 0.4) is 0 Å². The molecule has 1 amide bonds. The highest BCUT2D eigenvalue weighted by Gasteiger charge is 2.32. The second kappa shape index (κ2) is 7.31. The number of carbonyl (C=O) groups is 1. The zero-order chi connectivity index (χ0) is 17.8. The minimum atomic E-state index is -0.329. The first kappa shape index (κ1) is 16.2. The van der Waals surface area contributed by atoms with Gasteiger partial charge in [-0.15, -0.1) is 0 Å². The highest BCUT2D eigenvalue weighted by Crippen LogP contribution is 2.24. The third-order valence-corrected chi connectivity index (χ3v) is 4.34. The number of hydrogen-bond acceptors (Lipinski definition) is 3. The molecule has 1 unspecified atom stereocenters. The summed E-state index contributed by atoms with van der Waals surface area (Å²) in [5.74, 6) is 0.763. The first-order chi connectivity index (χ1) is 12.8. The molecule has 4 rings (SSSR count). The Kier molecular flexibility index (Phi) is 4.56. The Bertz CT molecular complexity index is 863. The van der Waals surface area contributed by atoms with E-state index in [0.29, 0.717) is 13.2 Å². The number of anilines is 1. The number of hydrogen-bond donors (Lipinski definition) is 0. The lowest BCUT2D eigenvalue weighted by Gasteiger charge is -2.13. The van der Waals surface area contributed by atoms with Crippen molar-refractivity contribution in [2.45, 2.75) is 6.10 Å². The Morgan fingerprint density at radius 1 is 0.846 bits per heavy atom. The molecule has 0 N–H and O–H groups in total. The van der Waals surface area contributed by atoms with Gasteiger partial charge < -0.3 is 9.47 Å². The first-order valence-electron chi connectivity index (χ1n) is 8.61. The fraction of sp³-hybridized carbons (Fsp3) is 0.136. The summed E-state index contributed by atoms with van der Waals surface area (Å²) in [6.45, 7) is 0.824. The van der Waals surface area contributed by atoms with Crippen LogP contribution in [0.5, 0.6) is 5.75 Å². The molecule has 1 saturated heterocycles. The Morgan fingerprint density at radius 3 is 2.15 bits per heavy atom. The van der Waals surface area contributed by atoms with Gasteiger partial charge in [0.15, 0.2) is 6.10 Å². The molecule has 3 aromatic rings. The van der Waals surface area contributed by atoms with E-state index in [2.05, 4.69) is 12.1 Å². The molecular formula is C22H19NO3. The summed E-state index contributed by atoms with van der Waals surface area (Å²) in [7, 11) is 0. The Balaban J connectivity index is 1.35. The number of nitrogens with zero attached hydrogens (tertiary/aromatic N) is 1. The van der Waals surface area contributed by atoms with Gasteiger partial charge in [0.05, 0.1) is 6.54 Å². The fourth-order valence-electron chi connectivity index (χ4n) is 2.99. The molecule has 1 fully saturated rings. The standard InChI is InChI=1S/C22H19NO3/c24-22-23(19-9-5-2-6-10-19)15-21(26-22)16-25-20-13-11-18(12-14-20)17-7-3-1-4-8-17/h1-14,21H,15-16H2. The van der Waals surface area contributed by atoms with Gasteiger partial charge in [-0.2, -0.15) is 0 Å². The van der Waals surface area contributed by atoms with Crippen molar-refractivity contribution in [2.24, 2.45) is 0 Å². The summed E-state index contributed by atoms with van der Waals surface area (Å²) in [5, 5.41) is 0. The molecule has 130 valence electrons. The average molecular weight is 345 g/mol. The maximum Gasteiger partial charge on any atom is 0.414 e. The minimum absolute atomic E-state index is 0.281. The highest BCUT2D eigenvalue weighted by molar-refractivity contribution is 5.89. The van der Waals surface area contributed by atoms with Crippen molar-refractivity contribution in [1.82, 2.24) is 0 Å². The van der Waals surface area contributed by atoms with E-state index in [9.17, 15) is 4.79 Å². The molecule has 4 heteroatoms. The largest absolute Gasteiger partial charge is 0.490 e. The zero-order valence-electron chi connectivity index (χ0n) is 14.2. The van der Waals surface area contributed by atoms with E-state index in [4.69, 9.17) is 9.47 Å². The molecule has 0 aromatic heterocycles. The van der Waals surface area contributed by atoms with Crippen LogP contribution in [0.2, 0.25) is 0 Å². The lowest BCUT2D eigenvalue weighted by Crippen LogP contribution is -2.26. The van der Waals surface area contributed by atoms with Crippen molar-refractivity contribution in [3.63, 3.8) is 0 Å². The van der Waals surface area contributed by atoms with Crippen LogP contribution in [0.1, 0.15) is 0 Å². The summed E-state index contributed by atoms with van der Waals surface area (Å²) in [4.78, 5) is 13.7. The van der Waals surface area contributed by atoms with Crippen molar-refractivity contribution in [2.75, 3.05) is 18.1 Å². The Morgan fingerprint density at radius 2 is 1.46 bits per heavy atom. The topological polar surface area (TPSA) is 38.8 Å². The van der Waals surface area contributed by atoms with E-state index >= 15 is 0 Å². The van der Waals surface area contributed by atoms with Crippen LogP contribution in [0.4, 0.5) is 10.5 Å². The van der Waals surface area contributed by atoms with E-state index in [1.54, 1.807) is 4.90 Å². The van der Waals surface area contributed by atoms with Crippen LogP contribution in [0.15, 0.2) is 84.9 Å². The maximum absolute atomic E-state index is 12.0. The van der Waals surface area contributed by atoms with Gasteiger partial charge >= 0.3 is 6.09 Å². The molecule has 4 nitrogen and oxygen atoms in total. The number of para-hydroxylation sites is 1. The molecule has 1 atom stereocenters. The number of rotatable bonds is 5. The lowest BCUT2D eigenvalue weighted by atomic mass is 10.1. The van der Waals surface area contributed by atoms with Gasteiger partial charge in [0.2, 0.25) is 0 Å². The molecule has 1 aliphatic heterocycles. The molecule has 1 heterocycles. The smallest absolute Gasteiger partial charge is 0.414 e. The van der Waals surface area contributed by atoms with Crippen LogP contribution in [0.25, 0.3) is 11.1 Å². The summed E-state index contributed by atoms with van der Waals surface area (Å²) >= 11 is 0. The average Bonchev–Trinajstić information content (AvgIpc) is 3.09. The second-order valence-electron chi connectivity index (χ2n) is 6.15. The highest BCUT2D eigenvalue weighted by atomic mass is 16.6. The number of benzene rings is 3. The van der Waals surface area contributed by atoms with E-state index in [-0.39, 0.29) is 12.2 Å². The third-order valence-electron chi connectivity index (χ3n) is 4.34. The van der Waals surface area contributed by atoms with Crippen LogP contribution < -0.4 is 9.64 Å². The molecule has 0 saturated carbocycles. The monoisotopic (exact) mass is 345 g/mol. The molecule has 0 spiro atoms. The van der Waals surface area contributed by atoms with Gasteiger partial charge in [0.25, 0.3) is 0 Å². The molecule has 0 aliphatic carbocycles. The van der Waals surface area contributed by atoms with E-state index in [0.717, 1.165) is 17.0 Å². The van der Waals surface area contributed by atoms with Gasteiger partial charge in [-0.05, 0) is 35.4 Å². The molecule has 0 radical (unpaired) electrons. The number of ether oxygens (including phenoxy) is 2. The second-order valence-corrected chi connectivity index (χ2v) is 6.15. The van der Waals surface area contributed by atoms with E-state index in [1.165, 1.54) is 5.56 Å². The number of carbonyl (C=O) groups excluding carboxylic acids is 1. The van der Waals surface area contributed by atoms with Crippen molar-refractivity contribution >= 4 is 11.8 Å². The minimum Gasteiger partial charge on any atom is -0.490 e. The fourth-order valence-corrected chi connectivity index (χ4v) is 2.99. The molecule has 26 heavy (non-hydrogen) atoms. The predicted molar refractivity (Wildman–Crippen MR) is 101 cm³/mol. The van der Waals surface area contributed by atoms with Gasteiger partial charge in [0, 0.05) is 5.69 Å². The van der Waals surface area contributed by atoms with Crippen molar-refractivity contribution in [3.8, 4) is 16.9 Å². The normalized spacial score (nSPS) is 16.4. The van der Waals surface area contributed by atoms with Crippen molar-refractivity contribution < 1.29 is 14.3 Å². The van der Waals surface area contributed by atoms with E-state index in [1.807, 2.05) is 72.8 Å². The van der Waals surface area contributed by atoms with Gasteiger partial charge in [-0.25, -0.2) is 4.79 Å². The quantitative estimate of drug-likeness (QED) is 0.669. The summed E-state index contributed by atoms with van der Waals surface area (Å²) < 4.78 is 11.2. The lowest BCUT2D eigenvalue weighted by molar-refractivity contribution is 0.105. The molecule has 3 aromatic carbocycles. The van der Waals surface area contributed by atoms with Crippen LogP contribution in [-0.4, -0.2) is 25.3 Å². The van der Waals surface area contributed by atoms with Crippen LogP contribution in [-0.2, 0) is 4.74 Å². The molecule has 1 aliphatic rings. The summed E-state index contributed by atoms with van der Waals surface area (Å²) in [6, 6.07) is 27.6. The molecular weight excluding hydrogens is 326 g/mol. The third kappa shape index (κ3) is 3.54. The van der Waals surface area contributed by atoms with Crippen LogP contribution in [0, 0.1) is 0 Å². The Hall–Kier alpha value is -3.27. The van der Waals surface area contributed by atoms with Gasteiger partial charge in [0.1, 0.15) is 12.4 Å². The van der Waals surface area contributed by atoms with Crippen molar-refractivity contribution in [1.29, 1.82) is 0 Å². The number of cyclic esters (lactones) is 1. The Labute approximate surface area is 152 Å². The molecule has 0 bridgehead atoms. The first-order valence-corrected chi connectivity index (χ1v) is 8.61. The summed E-state index contributed by atoms with van der Waals surface area (Å²) in [6.07, 6.45) is -0.610. The van der Waals surface area contributed by atoms with Crippen molar-refractivity contribution in [3.05, 3.63) is 84.9 Å². The predicted octanol–water partition coefficient (Wildman–Crippen LogP) is 4.76. The van der Waals surface area contributed by atoms with Crippen LogP contribution >= 0.6 is 0 Å². The van der Waals surface area contributed by atoms with E-state index < -0.39 is 0 Å². The zero-order valence-corrected chi connectivity index (χ0v) is 14.2. The maximum atomic E-state index is 12.0.